The van der Waals surface area contributed by atoms with Gasteiger partial charge in [-0.25, -0.2) is 0 Å². The molecule has 1 aliphatic rings. The minimum atomic E-state index is -4.23. The predicted octanol–water partition coefficient (Wildman–Crippen LogP) is 2.37. The molecular weight excluding hydrogens is 265 g/mol. The van der Waals surface area contributed by atoms with Crippen LogP contribution in [0, 0.1) is 5.92 Å². The van der Waals surface area contributed by atoms with Crippen LogP contribution in [0.4, 0.5) is 13.2 Å². The Morgan fingerprint density at radius 1 is 1.50 bits per heavy atom. The van der Waals surface area contributed by atoms with Gasteiger partial charge in [0.2, 0.25) is 0 Å². The molecule has 0 aromatic heterocycles. The van der Waals surface area contributed by atoms with E-state index in [2.05, 4.69) is 15.9 Å². The second-order valence-corrected chi connectivity index (χ2v) is 4.38. The van der Waals surface area contributed by atoms with Gasteiger partial charge in [-0.1, -0.05) is 15.9 Å². The highest BCUT2D eigenvalue weighted by Gasteiger charge is 2.37. The van der Waals surface area contributed by atoms with Crippen LogP contribution in [0.2, 0.25) is 0 Å². The van der Waals surface area contributed by atoms with Crippen molar-refractivity contribution in [3.63, 3.8) is 0 Å². The molecule has 0 amide bonds. The van der Waals surface area contributed by atoms with E-state index >= 15 is 0 Å². The molecule has 0 spiro atoms. The van der Waals surface area contributed by atoms with Gasteiger partial charge in [-0.05, 0) is 6.42 Å². The van der Waals surface area contributed by atoms with Crippen molar-refractivity contribution in [1.29, 1.82) is 0 Å². The van der Waals surface area contributed by atoms with Gasteiger partial charge in [0.15, 0.2) is 0 Å². The van der Waals surface area contributed by atoms with Crippen LogP contribution in [-0.4, -0.2) is 37.4 Å². The van der Waals surface area contributed by atoms with Crippen LogP contribution in [0.5, 0.6) is 0 Å². The molecule has 0 aromatic carbocycles. The molecule has 84 valence electrons. The highest BCUT2D eigenvalue weighted by atomic mass is 79.9. The van der Waals surface area contributed by atoms with E-state index in [-0.39, 0.29) is 12.5 Å². The molecule has 0 saturated carbocycles. The standard InChI is InChI=1S/C8H12BrF3O2/c9-7(8(10,11)12)5-14-4-6-1-2-13-3-6/h6-7H,1-5H2. The third-order valence-electron chi connectivity index (χ3n) is 2.00. The third kappa shape index (κ3) is 4.14. The molecule has 2 unspecified atom stereocenters. The first-order valence-corrected chi connectivity index (χ1v) is 5.28. The smallest absolute Gasteiger partial charge is 0.381 e. The Balaban J connectivity index is 2.08. The summed E-state index contributed by atoms with van der Waals surface area (Å²) >= 11 is 2.53. The number of alkyl halides is 4. The zero-order valence-corrected chi connectivity index (χ0v) is 9.10. The van der Waals surface area contributed by atoms with Gasteiger partial charge in [-0.15, -0.1) is 0 Å². The van der Waals surface area contributed by atoms with Crippen LogP contribution in [0.25, 0.3) is 0 Å². The fourth-order valence-electron chi connectivity index (χ4n) is 1.15. The maximum atomic E-state index is 12.0. The van der Waals surface area contributed by atoms with Gasteiger partial charge in [0.1, 0.15) is 4.83 Å². The lowest BCUT2D eigenvalue weighted by atomic mass is 10.1. The zero-order valence-electron chi connectivity index (χ0n) is 7.52. The largest absolute Gasteiger partial charge is 0.403 e. The van der Waals surface area contributed by atoms with Crippen molar-refractivity contribution in [2.24, 2.45) is 5.92 Å². The topological polar surface area (TPSA) is 18.5 Å². The molecule has 0 bridgehead atoms. The van der Waals surface area contributed by atoms with Crippen molar-refractivity contribution >= 4 is 15.9 Å². The van der Waals surface area contributed by atoms with Gasteiger partial charge >= 0.3 is 6.18 Å². The number of hydrogen-bond acceptors (Lipinski definition) is 2. The van der Waals surface area contributed by atoms with E-state index in [1.165, 1.54) is 0 Å². The quantitative estimate of drug-likeness (QED) is 0.734. The average Bonchev–Trinajstić information content (AvgIpc) is 2.55. The molecular formula is C8H12BrF3O2. The average molecular weight is 277 g/mol. The molecule has 6 heteroatoms. The summed E-state index contributed by atoms with van der Waals surface area (Å²) in [7, 11) is 0. The van der Waals surface area contributed by atoms with Crippen LogP contribution in [0.3, 0.4) is 0 Å². The van der Waals surface area contributed by atoms with Crippen LogP contribution in [0.15, 0.2) is 0 Å². The molecule has 1 heterocycles. The van der Waals surface area contributed by atoms with E-state index in [4.69, 9.17) is 9.47 Å². The first-order chi connectivity index (χ1) is 6.50. The van der Waals surface area contributed by atoms with Crippen LogP contribution in [-0.2, 0) is 9.47 Å². The number of halogens is 4. The highest BCUT2D eigenvalue weighted by molar-refractivity contribution is 9.09. The molecule has 1 aliphatic heterocycles. The normalized spacial score (nSPS) is 25.3. The Labute approximate surface area is 88.9 Å². The van der Waals surface area contributed by atoms with Crippen molar-refractivity contribution < 1.29 is 22.6 Å². The summed E-state index contributed by atoms with van der Waals surface area (Å²) in [5.41, 5.74) is 0. The van der Waals surface area contributed by atoms with Crippen molar-refractivity contribution in [1.82, 2.24) is 0 Å². The van der Waals surface area contributed by atoms with Crippen molar-refractivity contribution in [2.45, 2.75) is 17.4 Å². The number of ether oxygens (including phenoxy) is 2. The summed E-state index contributed by atoms with van der Waals surface area (Å²) in [6.45, 7) is 1.29. The Morgan fingerprint density at radius 2 is 2.21 bits per heavy atom. The summed E-state index contributed by atoms with van der Waals surface area (Å²) in [5.74, 6) is 0.253. The molecule has 14 heavy (non-hydrogen) atoms. The van der Waals surface area contributed by atoms with Gasteiger partial charge in [0.25, 0.3) is 0 Å². The van der Waals surface area contributed by atoms with Crippen LogP contribution < -0.4 is 0 Å². The lowest BCUT2D eigenvalue weighted by Gasteiger charge is -2.15. The third-order valence-corrected chi connectivity index (χ3v) is 2.78. The molecule has 0 aromatic rings. The van der Waals surface area contributed by atoms with E-state index in [1.807, 2.05) is 0 Å². The first-order valence-electron chi connectivity index (χ1n) is 4.36. The van der Waals surface area contributed by atoms with Gasteiger partial charge in [-0.2, -0.15) is 13.2 Å². The second-order valence-electron chi connectivity index (χ2n) is 3.28. The lowest BCUT2D eigenvalue weighted by molar-refractivity contribution is -0.138. The summed E-state index contributed by atoms with van der Waals surface area (Å²) in [6, 6.07) is 0. The second kappa shape index (κ2) is 5.32. The number of rotatable bonds is 4. The van der Waals surface area contributed by atoms with Gasteiger partial charge in [0, 0.05) is 12.5 Å². The van der Waals surface area contributed by atoms with Gasteiger partial charge < -0.3 is 9.47 Å². The fraction of sp³-hybridized carbons (Fsp3) is 1.00. The molecule has 0 radical (unpaired) electrons. The monoisotopic (exact) mass is 276 g/mol. The highest BCUT2D eigenvalue weighted by Crippen LogP contribution is 2.26. The Kier molecular flexibility index (Phi) is 4.66. The molecule has 0 N–H and O–H groups in total. The first kappa shape index (κ1) is 12.3. The molecule has 2 nitrogen and oxygen atoms in total. The maximum Gasteiger partial charge on any atom is 0.403 e. The molecule has 0 aliphatic carbocycles. The fourth-order valence-corrected chi connectivity index (χ4v) is 1.33. The van der Waals surface area contributed by atoms with E-state index < -0.39 is 11.0 Å². The molecule has 1 fully saturated rings. The predicted molar refractivity (Wildman–Crippen MR) is 48.5 cm³/mol. The molecule has 2 atom stereocenters. The van der Waals surface area contributed by atoms with Gasteiger partial charge in [0.05, 0.1) is 19.8 Å². The van der Waals surface area contributed by atoms with E-state index in [1.54, 1.807) is 0 Å². The zero-order chi connectivity index (χ0) is 10.6. The van der Waals surface area contributed by atoms with Crippen molar-refractivity contribution in [2.75, 3.05) is 26.4 Å². The van der Waals surface area contributed by atoms with Crippen LogP contribution in [0.1, 0.15) is 6.42 Å². The minimum absolute atomic E-state index is 0.253. The Bertz CT molecular complexity index is 168. The summed E-state index contributed by atoms with van der Waals surface area (Å²) in [6.07, 6.45) is -3.36. The molecule has 1 rings (SSSR count). The summed E-state index contributed by atoms with van der Waals surface area (Å²) < 4.78 is 46.0. The van der Waals surface area contributed by atoms with Crippen molar-refractivity contribution in [3.8, 4) is 0 Å². The summed E-state index contributed by atoms with van der Waals surface area (Å²) in [4.78, 5) is -1.57. The van der Waals surface area contributed by atoms with Crippen molar-refractivity contribution in [3.05, 3.63) is 0 Å². The Morgan fingerprint density at radius 3 is 2.71 bits per heavy atom. The minimum Gasteiger partial charge on any atom is -0.381 e. The SMILES string of the molecule is FC(F)(F)C(Br)COCC1CCOC1. The maximum absolute atomic E-state index is 12.0. The van der Waals surface area contributed by atoms with E-state index in [0.29, 0.717) is 19.8 Å². The lowest BCUT2D eigenvalue weighted by Crippen LogP contribution is -2.28. The number of hydrogen-bond donors (Lipinski definition) is 0. The van der Waals surface area contributed by atoms with E-state index in [0.717, 1.165) is 6.42 Å². The van der Waals surface area contributed by atoms with Crippen LogP contribution >= 0.6 is 15.9 Å². The molecule has 1 saturated heterocycles. The van der Waals surface area contributed by atoms with Gasteiger partial charge in [-0.3, -0.25) is 0 Å². The van der Waals surface area contributed by atoms with E-state index in [9.17, 15) is 13.2 Å². The summed E-state index contributed by atoms with van der Waals surface area (Å²) in [5, 5.41) is 0. The Hall–Kier alpha value is 0.190.